The van der Waals surface area contributed by atoms with Gasteiger partial charge in [0.15, 0.2) is 0 Å². The van der Waals surface area contributed by atoms with Gasteiger partial charge in [0.1, 0.15) is 0 Å². The molecule has 2 aliphatic heterocycles. The van der Waals surface area contributed by atoms with Gasteiger partial charge in [-0.15, -0.1) is 0 Å². The summed E-state index contributed by atoms with van der Waals surface area (Å²) in [5.41, 5.74) is -0.351. The van der Waals surface area contributed by atoms with E-state index in [4.69, 9.17) is 0 Å². The van der Waals surface area contributed by atoms with E-state index in [1.165, 1.54) is 12.5 Å². The third-order valence-electron chi connectivity index (χ3n) is 3.67. The minimum absolute atomic E-state index is 0.145. The second kappa shape index (κ2) is 5.40. The quantitative estimate of drug-likeness (QED) is 0.770. The molecule has 1 atom stereocenters. The molecule has 0 aliphatic carbocycles. The van der Waals surface area contributed by atoms with E-state index in [0.29, 0.717) is 19.0 Å². The SMILES string of the molecule is FC(F)(F)C1=CCN(CCC2CCNC2)CC1. The summed E-state index contributed by atoms with van der Waals surface area (Å²) in [7, 11) is 0. The second-order valence-corrected chi connectivity index (χ2v) is 4.93. The first kappa shape index (κ1) is 12.9. The molecule has 98 valence electrons. The van der Waals surface area contributed by atoms with Crippen LogP contribution in [0.5, 0.6) is 0 Å². The van der Waals surface area contributed by atoms with E-state index in [1.807, 2.05) is 0 Å². The van der Waals surface area contributed by atoms with Gasteiger partial charge < -0.3 is 5.32 Å². The summed E-state index contributed by atoms with van der Waals surface area (Å²) in [6.45, 7) is 4.08. The number of hydrogen-bond donors (Lipinski definition) is 1. The summed E-state index contributed by atoms with van der Waals surface area (Å²) in [5, 5.41) is 3.31. The first-order valence-electron chi connectivity index (χ1n) is 6.25. The van der Waals surface area contributed by atoms with Gasteiger partial charge in [-0.2, -0.15) is 13.2 Å². The Labute approximate surface area is 99.9 Å². The fourth-order valence-corrected chi connectivity index (χ4v) is 2.50. The molecular formula is C12H19F3N2. The fourth-order valence-electron chi connectivity index (χ4n) is 2.50. The Morgan fingerprint density at radius 1 is 1.41 bits per heavy atom. The van der Waals surface area contributed by atoms with Crippen LogP contribution in [0.4, 0.5) is 13.2 Å². The molecule has 1 saturated heterocycles. The van der Waals surface area contributed by atoms with Crippen LogP contribution in [0.3, 0.4) is 0 Å². The summed E-state index contributed by atoms with van der Waals surface area (Å²) >= 11 is 0. The fraction of sp³-hybridized carbons (Fsp3) is 0.833. The van der Waals surface area contributed by atoms with Gasteiger partial charge in [-0.05, 0) is 44.8 Å². The van der Waals surface area contributed by atoms with E-state index in [2.05, 4.69) is 10.2 Å². The van der Waals surface area contributed by atoms with Gasteiger partial charge >= 0.3 is 6.18 Å². The molecular weight excluding hydrogens is 229 g/mol. The first-order valence-corrected chi connectivity index (χ1v) is 6.25. The van der Waals surface area contributed by atoms with E-state index < -0.39 is 6.18 Å². The summed E-state index contributed by atoms with van der Waals surface area (Å²) in [6, 6.07) is 0. The number of halogens is 3. The molecule has 2 aliphatic rings. The number of nitrogens with zero attached hydrogens (tertiary/aromatic N) is 1. The largest absolute Gasteiger partial charge is 0.412 e. The Hall–Kier alpha value is -0.550. The van der Waals surface area contributed by atoms with Crippen LogP contribution < -0.4 is 5.32 Å². The van der Waals surface area contributed by atoms with Gasteiger partial charge in [0.2, 0.25) is 0 Å². The van der Waals surface area contributed by atoms with Crippen LogP contribution in [0.25, 0.3) is 0 Å². The van der Waals surface area contributed by atoms with Gasteiger partial charge in [0, 0.05) is 18.7 Å². The molecule has 5 heteroatoms. The van der Waals surface area contributed by atoms with Crippen molar-refractivity contribution < 1.29 is 13.2 Å². The molecule has 0 aromatic heterocycles. The van der Waals surface area contributed by atoms with Crippen LogP contribution in [-0.2, 0) is 0 Å². The van der Waals surface area contributed by atoms with Crippen molar-refractivity contribution in [2.24, 2.45) is 5.92 Å². The molecule has 1 N–H and O–H groups in total. The van der Waals surface area contributed by atoms with Crippen molar-refractivity contribution in [1.29, 1.82) is 0 Å². The maximum absolute atomic E-state index is 12.4. The lowest BCUT2D eigenvalue weighted by atomic mass is 10.0. The second-order valence-electron chi connectivity index (χ2n) is 4.93. The smallest absolute Gasteiger partial charge is 0.316 e. The molecule has 2 heterocycles. The minimum atomic E-state index is -4.12. The summed E-state index contributed by atoms with van der Waals surface area (Å²) in [6.07, 6.45) is -0.329. The minimum Gasteiger partial charge on any atom is -0.316 e. The Kier molecular flexibility index (Phi) is 4.09. The Morgan fingerprint density at radius 2 is 2.24 bits per heavy atom. The van der Waals surface area contributed by atoms with E-state index in [0.717, 1.165) is 26.1 Å². The molecule has 1 unspecified atom stereocenters. The average Bonchev–Trinajstić information content (AvgIpc) is 2.78. The van der Waals surface area contributed by atoms with E-state index in [-0.39, 0.29) is 12.0 Å². The van der Waals surface area contributed by atoms with Crippen LogP contribution in [-0.4, -0.2) is 43.8 Å². The van der Waals surface area contributed by atoms with Crippen molar-refractivity contribution in [3.05, 3.63) is 11.6 Å². The molecule has 2 nitrogen and oxygen atoms in total. The van der Waals surface area contributed by atoms with Crippen molar-refractivity contribution in [3.63, 3.8) is 0 Å². The van der Waals surface area contributed by atoms with Crippen molar-refractivity contribution in [1.82, 2.24) is 10.2 Å². The third kappa shape index (κ3) is 3.71. The predicted molar refractivity (Wildman–Crippen MR) is 60.8 cm³/mol. The zero-order valence-corrected chi connectivity index (χ0v) is 9.89. The highest BCUT2D eigenvalue weighted by molar-refractivity contribution is 5.12. The third-order valence-corrected chi connectivity index (χ3v) is 3.67. The number of nitrogens with one attached hydrogen (secondary N) is 1. The lowest BCUT2D eigenvalue weighted by Gasteiger charge is -2.27. The van der Waals surface area contributed by atoms with Gasteiger partial charge in [-0.1, -0.05) is 6.08 Å². The highest BCUT2D eigenvalue weighted by Crippen LogP contribution is 2.30. The Morgan fingerprint density at radius 3 is 2.76 bits per heavy atom. The monoisotopic (exact) mass is 248 g/mol. The highest BCUT2D eigenvalue weighted by atomic mass is 19.4. The van der Waals surface area contributed by atoms with Crippen LogP contribution in [0.2, 0.25) is 0 Å². The molecule has 0 aromatic rings. The van der Waals surface area contributed by atoms with E-state index in [9.17, 15) is 13.2 Å². The maximum atomic E-state index is 12.4. The standard InChI is InChI=1S/C12H19F3N2/c13-12(14,15)11-3-7-17(8-4-11)6-2-10-1-5-16-9-10/h3,10,16H,1-2,4-9H2. The van der Waals surface area contributed by atoms with Crippen LogP contribution in [0, 0.1) is 5.92 Å². The predicted octanol–water partition coefficient (Wildman–Crippen LogP) is 2.18. The normalized spacial score (nSPS) is 27.2. The molecule has 0 saturated carbocycles. The van der Waals surface area contributed by atoms with Gasteiger partial charge in [-0.25, -0.2) is 0 Å². The summed E-state index contributed by atoms with van der Waals surface area (Å²) < 4.78 is 37.2. The molecule has 1 fully saturated rings. The number of rotatable bonds is 3. The number of alkyl halides is 3. The summed E-state index contributed by atoms with van der Waals surface area (Å²) in [5.74, 6) is 0.711. The Balaban J connectivity index is 1.73. The van der Waals surface area contributed by atoms with Crippen molar-refractivity contribution >= 4 is 0 Å². The zero-order valence-electron chi connectivity index (χ0n) is 9.89. The zero-order chi connectivity index (χ0) is 12.3. The molecule has 2 rings (SSSR count). The molecule has 0 bridgehead atoms. The van der Waals surface area contributed by atoms with Crippen molar-refractivity contribution in [2.75, 3.05) is 32.7 Å². The van der Waals surface area contributed by atoms with E-state index >= 15 is 0 Å². The molecule has 0 radical (unpaired) electrons. The molecule has 17 heavy (non-hydrogen) atoms. The molecule has 0 amide bonds. The van der Waals surface area contributed by atoms with Crippen LogP contribution in [0.1, 0.15) is 19.3 Å². The van der Waals surface area contributed by atoms with Gasteiger partial charge in [-0.3, -0.25) is 4.90 Å². The molecule has 0 spiro atoms. The maximum Gasteiger partial charge on any atom is 0.412 e. The Bertz CT molecular complexity index is 280. The van der Waals surface area contributed by atoms with Gasteiger partial charge in [0.05, 0.1) is 0 Å². The van der Waals surface area contributed by atoms with Crippen LogP contribution in [0.15, 0.2) is 11.6 Å². The highest BCUT2D eigenvalue weighted by Gasteiger charge is 2.34. The number of hydrogen-bond acceptors (Lipinski definition) is 2. The lowest BCUT2D eigenvalue weighted by Crippen LogP contribution is -2.33. The van der Waals surface area contributed by atoms with Crippen molar-refractivity contribution in [3.8, 4) is 0 Å². The van der Waals surface area contributed by atoms with Gasteiger partial charge in [0.25, 0.3) is 0 Å². The average molecular weight is 248 g/mol. The lowest BCUT2D eigenvalue weighted by molar-refractivity contribution is -0.0960. The first-order chi connectivity index (χ1) is 8.05. The van der Waals surface area contributed by atoms with Crippen molar-refractivity contribution in [2.45, 2.75) is 25.4 Å². The van der Waals surface area contributed by atoms with Crippen LogP contribution >= 0.6 is 0 Å². The summed E-state index contributed by atoms with van der Waals surface area (Å²) in [4.78, 5) is 2.12. The molecule has 0 aromatic carbocycles. The van der Waals surface area contributed by atoms with E-state index in [1.54, 1.807) is 0 Å². The topological polar surface area (TPSA) is 15.3 Å².